The van der Waals surface area contributed by atoms with E-state index in [0.717, 1.165) is 4.34 Å². The summed E-state index contributed by atoms with van der Waals surface area (Å²) in [5, 5.41) is 18.8. The number of hydrogen-bond acceptors (Lipinski definition) is 6. The van der Waals surface area contributed by atoms with Gasteiger partial charge in [-0.05, 0) is 31.2 Å². The molecule has 0 aliphatic carbocycles. The van der Waals surface area contributed by atoms with Crippen LogP contribution in [0.25, 0.3) is 0 Å². The number of benzene rings is 1. The SMILES string of the molecule is C[C@@H](Sc1nncs1)C(=O)Nc1ccc(C#N)cc1. The third-order valence-corrected chi connectivity index (χ3v) is 4.18. The predicted molar refractivity (Wildman–Crippen MR) is 75.0 cm³/mol. The molecule has 96 valence electrons. The van der Waals surface area contributed by atoms with Crippen LogP contribution in [0.3, 0.4) is 0 Å². The van der Waals surface area contributed by atoms with Gasteiger partial charge in [-0.3, -0.25) is 4.79 Å². The van der Waals surface area contributed by atoms with Crippen LogP contribution >= 0.6 is 23.1 Å². The lowest BCUT2D eigenvalue weighted by molar-refractivity contribution is -0.115. The predicted octanol–water partition coefficient (Wildman–Crippen LogP) is 2.53. The van der Waals surface area contributed by atoms with Crippen molar-refractivity contribution in [3.8, 4) is 6.07 Å². The fourth-order valence-electron chi connectivity index (χ4n) is 1.29. The molecule has 0 saturated heterocycles. The summed E-state index contributed by atoms with van der Waals surface area (Å²) in [6.07, 6.45) is 0. The smallest absolute Gasteiger partial charge is 0.237 e. The Bertz CT molecular complexity index is 589. The molecule has 0 fully saturated rings. The highest BCUT2D eigenvalue weighted by Crippen LogP contribution is 2.25. The fourth-order valence-corrected chi connectivity index (χ4v) is 2.92. The van der Waals surface area contributed by atoms with Gasteiger partial charge in [-0.15, -0.1) is 10.2 Å². The number of thioether (sulfide) groups is 1. The van der Waals surface area contributed by atoms with Crippen molar-refractivity contribution < 1.29 is 4.79 Å². The first-order chi connectivity index (χ1) is 9.19. The molecule has 1 amide bonds. The molecule has 1 atom stereocenters. The summed E-state index contributed by atoms with van der Waals surface area (Å²) in [4.78, 5) is 12.0. The number of nitrogens with one attached hydrogen (secondary N) is 1. The molecule has 1 aromatic carbocycles. The van der Waals surface area contributed by atoms with Crippen LogP contribution in [0.15, 0.2) is 34.1 Å². The maximum Gasteiger partial charge on any atom is 0.237 e. The Morgan fingerprint density at radius 2 is 2.21 bits per heavy atom. The maximum atomic E-state index is 12.0. The van der Waals surface area contributed by atoms with Gasteiger partial charge >= 0.3 is 0 Å². The summed E-state index contributed by atoms with van der Waals surface area (Å²) >= 11 is 2.77. The van der Waals surface area contributed by atoms with Crippen molar-refractivity contribution >= 4 is 34.7 Å². The Hall–Kier alpha value is -1.91. The van der Waals surface area contributed by atoms with Gasteiger partial charge in [0.15, 0.2) is 4.34 Å². The van der Waals surface area contributed by atoms with Crippen LogP contribution in [0.4, 0.5) is 5.69 Å². The molecule has 0 spiro atoms. The van der Waals surface area contributed by atoms with Crippen molar-refractivity contribution in [2.24, 2.45) is 0 Å². The highest BCUT2D eigenvalue weighted by molar-refractivity contribution is 8.02. The molecular weight excluding hydrogens is 280 g/mol. The zero-order valence-electron chi connectivity index (χ0n) is 10.0. The van der Waals surface area contributed by atoms with Gasteiger partial charge in [0, 0.05) is 5.69 Å². The number of carbonyl (C=O) groups is 1. The van der Waals surface area contributed by atoms with Gasteiger partial charge in [0.25, 0.3) is 0 Å². The monoisotopic (exact) mass is 290 g/mol. The molecule has 1 N–H and O–H groups in total. The summed E-state index contributed by atoms with van der Waals surface area (Å²) < 4.78 is 0.766. The molecule has 0 aliphatic rings. The number of rotatable bonds is 4. The van der Waals surface area contributed by atoms with Crippen molar-refractivity contribution in [1.82, 2.24) is 10.2 Å². The summed E-state index contributed by atoms with van der Waals surface area (Å²) in [7, 11) is 0. The van der Waals surface area contributed by atoms with Crippen molar-refractivity contribution in [3.05, 3.63) is 35.3 Å². The van der Waals surface area contributed by atoms with E-state index in [4.69, 9.17) is 5.26 Å². The van der Waals surface area contributed by atoms with E-state index in [9.17, 15) is 4.79 Å². The van der Waals surface area contributed by atoms with Crippen LogP contribution in [0.2, 0.25) is 0 Å². The van der Waals surface area contributed by atoms with Crippen LogP contribution in [-0.4, -0.2) is 21.4 Å². The van der Waals surface area contributed by atoms with E-state index in [1.807, 2.05) is 13.0 Å². The molecule has 0 bridgehead atoms. The number of hydrogen-bond donors (Lipinski definition) is 1. The van der Waals surface area contributed by atoms with Crippen LogP contribution in [0, 0.1) is 11.3 Å². The first-order valence-electron chi connectivity index (χ1n) is 5.43. The summed E-state index contributed by atoms with van der Waals surface area (Å²) in [5.74, 6) is -0.107. The molecule has 0 aliphatic heterocycles. The molecule has 7 heteroatoms. The topological polar surface area (TPSA) is 78.7 Å². The minimum Gasteiger partial charge on any atom is -0.325 e. The maximum absolute atomic E-state index is 12.0. The third kappa shape index (κ3) is 3.77. The average molecular weight is 290 g/mol. The minimum atomic E-state index is -0.261. The highest BCUT2D eigenvalue weighted by atomic mass is 32.2. The molecular formula is C12H10N4OS2. The Kier molecular flexibility index (Phi) is 4.49. The average Bonchev–Trinajstić information content (AvgIpc) is 2.92. The Balaban J connectivity index is 1.94. The molecule has 19 heavy (non-hydrogen) atoms. The first kappa shape index (κ1) is 13.5. The second kappa shape index (κ2) is 6.31. The second-order valence-corrected chi connectivity index (χ2v) is 6.06. The van der Waals surface area contributed by atoms with Crippen molar-refractivity contribution in [3.63, 3.8) is 0 Å². The van der Waals surface area contributed by atoms with E-state index in [0.29, 0.717) is 11.3 Å². The quantitative estimate of drug-likeness (QED) is 0.875. The van der Waals surface area contributed by atoms with Gasteiger partial charge < -0.3 is 5.32 Å². The summed E-state index contributed by atoms with van der Waals surface area (Å²) in [6.45, 7) is 1.81. The molecule has 0 unspecified atom stereocenters. The molecule has 1 aromatic heterocycles. The van der Waals surface area contributed by atoms with Crippen molar-refractivity contribution in [2.75, 3.05) is 5.32 Å². The third-order valence-electron chi connectivity index (χ3n) is 2.27. The Morgan fingerprint density at radius 1 is 1.47 bits per heavy atom. The number of carbonyl (C=O) groups excluding carboxylic acids is 1. The number of anilines is 1. The molecule has 1 heterocycles. The van der Waals surface area contributed by atoms with Crippen LogP contribution < -0.4 is 5.32 Å². The number of nitrogens with zero attached hydrogens (tertiary/aromatic N) is 3. The van der Waals surface area contributed by atoms with E-state index in [1.54, 1.807) is 29.8 Å². The van der Waals surface area contributed by atoms with Gasteiger partial charge in [-0.1, -0.05) is 23.1 Å². The second-order valence-electron chi connectivity index (χ2n) is 3.64. The molecule has 2 rings (SSSR count). The lowest BCUT2D eigenvalue weighted by Crippen LogP contribution is -2.22. The van der Waals surface area contributed by atoms with Gasteiger partial charge in [0.05, 0.1) is 16.9 Å². The molecule has 0 saturated carbocycles. The van der Waals surface area contributed by atoms with Crippen molar-refractivity contribution in [2.45, 2.75) is 16.5 Å². The first-order valence-corrected chi connectivity index (χ1v) is 7.19. The van der Waals surface area contributed by atoms with Crippen molar-refractivity contribution in [1.29, 1.82) is 5.26 Å². The minimum absolute atomic E-state index is 0.107. The number of amides is 1. The standard InChI is InChI=1S/C12H10N4OS2/c1-8(19-12-16-14-7-18-12)11(17)15-10-4-2-9(6-13)3-5-10/h2-5,7-8H,1H3,(H,15,17)/t8-/m1/s1. The normalized spacial score (nSPS) is 11.6. The van der Waals surface area contributed by atoms with E-state index in [2.05, 4.69) is 15.5 Å². The van der Waals surface area contributed by atoms with E-state index >= 15 is 0 Å². The number of nitriles is 1. The highest BCUT2D eigenvalue weighted by Gasteiger charge is 2.16. The van der Waals surface area contributed by atoms with Crippen LogP contribution in [-0.2, 0) is 4.79 Å². The van der Waals surface area contributed by atoms with Crippen LogP contribution in [0.5, 0.6) is 0 Å². The number of aromatic nitrogens is 2. The van der Waals surface area contributed by atoms with Gasteiger partial charge in [-0.25, -0.2) is 0 Å². The summed E-state index contributed by atoms with van der Waals surface area (Å²) in [5.41, 5.74) is 2.87. The van der Waals surface area contributed by atoms with E-state index < -0.39 is 0 Å². The Labute approximate surface area is 118 Å². The van der Waals surface area contributed by atoms with Gasteiger partial charge in [0.2, 0.25) is 5.91 Å². The zero-order valence-corrected chi connectivity index (χ0v) is 11.7. The summed E-state index contributed by atoms with van der Waals surface area (Å²) in [6, 6.07) is 8.77. The van der Waals surface area contributed by atoms with Crippen LogP contribution in [0.1, 0.15) is 12.5 Å². The molecule has 0 radical (unpaired) electrons. The largest absolute Gasteiger partial charge is 0.325 e. The van der Waals surface area contributed by atoms with E-state index in [1.165, 1.54) is 23.1 Å². The zero-order chi connectivity index (χ0) is 13.7. The lowest BCUT2D eigenvalue weighted by atomic mass is 10.2. The lowest BCUT2D eigenvalue weighted by Gasteiger charge is -2.10. The van der Waals surface area contributed by atoms with Gasteiger partial charge in [-0.2, -0.15) is 5.26 Å². The molecule has 2 aromatic rings. The fraction of sp³-hybridized carbons (Fsp3) is 0.167. The van der Waals surface area contributed by atoms with Gasteiger partial charge in [0.1, 0.15) is 5.51 Å². The molecule has 5 nitrogen and oxygen atoms in total. The Morgan fingerprint density at radius 3 is 2.79 bits per heavy atom. The van der Waals surface area contributed by atoms with E-state index in [-0.39, 0.29) is 11.2 Å².